The Balaban J connectivity index is 1.74. The summed E-state index contributed by atoms with van der Waals surface area (Å²) in [4.78, 5) is 0.196. The number of benzene rings is 3. The standard InChI is InChI=1S/C26H24N2O4S2/c1-3-19-9-13-21(14-10-19)33(29,30)27-25-17-18-26(24-8-6-5-7-23(24)25)28-34(31,32)22-15-11-20(4-2)12-16-22/h5-18H,3-4H2,1-2H3/b27-25-,28-26-. The van der Waals surface area contributed by atoms with Crippen LogP contribution in [0, 0.1) is 0 Å². The predicted octanol–water partition coefficient (Wildman–Crippen LogP) is 4.74. The maximum Gasteiger partial charge on any atom is 0.282 e. The maximum absolute atomic E-state index is 12.9. The number of allylic oxidation sites excluding steroid dienone is 2. The van der Waals surface area contributed by atoms with Crippen molar-refractivity contribution in [2.75, 3.05) is 0 Å². The second-order valence-electron chi connectivity index (χ2n) is 7.78. The summed E-state index contributed by atoms with van der Waals surface area (Å²) in [5.74, 6) is 0. The van der Waals surface area contributed by atoms with E-state index >= 15 is 0 Å². The molecule has 4 rings (SSSR count). The second-order valence-corrected chi connectivity index (χ2v) is 11.0. The molecule has 1 aliphatic rings. The van der Waals surface area contributed by atoms with Gasteiger partial charge in [-0.3, -0.25) is 0 Å². The minimum absolute atomic E-state index is 0.0978. The van der Waals surface area contributed by atoms with E-state index in [2.05, 4.69) is 8.80 Å². The minimum atomic E-state index is -3.95. The number of hydrogen-bond acceptors (Lipinski definition) is 4. The summed E-state index contributed by atoms with van der Waals surface area (Å²) in [5, 5.41) is 0. The predicted molar refractivity (Wildman–Crippen MR) is 135 cm³/mol. The van der Waals surface area contributed by atoms with Gasteiger partial charge in [0.1, 0.15) is 0 Å². The Hall–Kier alpha value is -3.36. The third-order valence-electron chi connectivity index (χ3n) is 5.57. The lowest BCUT2D eigenvalue weighted by molar-refractivity contribution is 0.596. The van der Waals surface area contributed by atoms with Crippen LogP contribution in [0.4, 0.5) is 0 Å². The molecule has 3 aromatic carbocycles. The van der Waals surface area contributed by atoms with Crippen LogP contribution in [0.1, 0.15) is 36.1 Å². The van der Waals surface area contributed by atoms with E-state index in [1.54, 1.807) is 72.8 Å². The topological polar surface area (TPSA) is 93.0 Å². The Bertz CT molecular complexity index is 1400. The summed E-state index contributed by atoms with van der Waals surface area (Å²) in [6, 6.07) is 20.1. The molecule has 0 bridgehead atoms. The van der Waals surface area contributed by atoms with Crippen molar-refractivity contribution in [3.05, 3.63) is 107 Å². The third-order valence-corrected chi connectivity index (χ3v) is 8.18. The second kappa shape index (κ2) is 9.48. The molecule has 0 spiro atoms. The molecule has 3 aromatic rings. The van der Waals surface area contributed by atoms with E-state index in [0.29, 0.717) is 11.1 Å². The van der Waals surface area contributed by atoms with Crippen LogP contribution in [0.15, 0.2) is 104 Å². The first-order chi connectivity index (χ1) is 16.2. The quantitative estimate of drug-likeness (QED) is 0.497. The van der Waals surface area contributed by atoms with Crippen molar-refractivity contribution in [2.24, 2.45) is 8.80 Å². The fourth-order valence-corrected chi connectivity index (χ4v) is 5.59. The van der Waals surface area contributed by atoms with Gasteiger partial charge >= 0.3 is 0 Å². The number of sulfonamides is 2. The first-order valence-electron chi connectivity index (χ1n) is 10.9. The molecule has 0 unspecified atom stereocenters. The lowest BCUT2D eigenvalue weighted by Gasteiger charge is -2.15. The molecule has 34 heavy (non-hydrogen) atoms. The van der Waals surface area contributed by atoms with Gasteiger partial charge in [0.05, 0.1) is 21.2 Å². The van der Waals surface area contributed by atoms with Crippen molar-refractivity contribution in [1.29, 1.82) is 0 Å². The average molecular weight is 493 g/mol. The Morgan fingerprint density at radius 1 is 0.559 bits per heavy atom. The molecular formula is C26H24N2O4S2. The van der Waals surface area contributed by atoms with Crippen LogP contribution in [-0.2, 0) is 32.9 Å². The van der Waals surface area contributed by atoms with Crippen molar-refractivity contribution in [2.45, 2.75) is 36.5 Å². The summed E-state index contributed by atoms with van der Waals surface area (Å²) in [7, 11) is -7.90. The molecular weight excluding hydrogens is 468 g/mol. The van der Waals surface area contributed by atoms with Crippen molar-refractivity contribution in [3.8, 4) is 0 Å². The van der Waals surface area contributed by atoms with Gasteiger partial charge in [0.25, 0.3) is 20.0 Å². The van der Waals surface area contributed by atoms with E-state index in [-0.39, 0.29) is 21.2 Å². The Labute approximate surface area is 200 Å². The van der Waals surface area contributed by atoms with E-state index in [1.165, 1.54) is 12.2 Å². The largest absolute Gasteiger partial charge is 0.282 e. The third kappa shape index (κ3) is 4.93. The molecule has 1 aliphatic carbocycles. The maximum atomic E-state index is 12.9. The van der Waals surface area contributed by atoms with Crippen molar-refractivity contribution in [1.82, 2.24) is 0 Å². The molecule has 0 amide bonds. The molecule has 0 radical (unpaired) electrons. The van der Waals surface area contributed by atoms with Crippen molar-refractivity contribution < 1.29 is 16.8 Å². The van der Waals surface area contributed by atoms with Gasteiger partial charge in [-0.05, 0) is 60.4 Å². The monoisotopic (exact) mass is 492 g/mol. The minimum Gasteiger partial charge on any atom is -0.199 e. The van der Waals surface area contributed by atoms with Crippen molar-refractivity contribution in [3.63, 3.8) is 0 Å². The Morgan fingerprint density at radius 3 is 1.24 bits per heavy atom. The van der Waals surface area contributed by atoms with E-state index in [1.807, 2.05) is 13.8 Å². The van der Waals surface area contributed by atoms with Crippen LogP contribution in [-0.4, -0.2) is 28.3 Å². The molecule has 0 N–H and O–H groups in total. The van der Waals surface area contributed by atoms with Crippen molar-refractivity contribution >= 4 is 31.5 Å². The van der Waals surface area contributed by atoms with Crippen LogP contribution in [0.2, 0.25) is 0 Å². The number of nitrogens with zero attached hydrogens (tertiary/aromatic N) is 2. The smallest absolute Gasteiger partial charge is 0.199 e. The van der Waals surface area contributed by atoms with Crippen LogP contribution in [0.3, 0.4) is 0 Å². The van der Waals surface area contributed by atoms with Crippen LogP contribution in [0.25, 0.3) is 0 Å². The van der Waals surface area contributed by atoms with Gasteiger partial charge < -0.3 is 0 Å². The summed E-state index contributed by atoms with van der Waals surface area (Å²) in [5.41, 5.74) is 3.49. The molecule has 0 fully saturated rings. The van der Waals surface area contributed by atoms with E-state index in [4.69, 9.17) is 0 Å². The molecule has 174 valence electrons. The first kappa shape index (κ1) is 23.8. The highest BCUT2D eigenvalue weighted by Gasteiger charge is 2.22. The van der Waals surface area contributed by atoms with Crippen LogP contribution >= 0.6 is 0 Å². The summed E-state index contributed by atoms with van der Waals surface area (Å²) >= 11 is 0. The highest BCUT2D eigenvalue weighted by Crippen LogP contribution is 2.23. The molecule has 8 heteroatoms. The van der Waals surface area contributed by atoms with Gasteiger partial charge in [0.15, 0.2) is 0 Å². The highest BCUT2D eigenvalue weighted by atomic mass is 32.2. The zero-order chi connectivity index (χ0) is 24.3. The highest BCUT2D eigenvalue weighted by molar-refractivity contribution is 7.90. The van der Waals surface area contributed by atoms with Crippen LogP contribution in [0.5, 0.6) is 0 Å². The molecule has 0 aromatic heterocycles. The molecule has 0 saturated heterocycles. The lowest BCUT2D eigenvalue weighted by atomic mass is 9.94. The zero-order valence-corrected chi connectivity index (χ0v) is 20.5. The fraction of sp³-hybridized carbons (Fsp3) is 0.154. The molecule has 0 saturated carbocycles. The van der Waals surface area contributed by atoms with Gasteiger partial charge in [-0.2, -0.15) is 25.6 Å². The molecule has 0 atom stereocenters. The van der Waals surface area contributed by atoms with E-state index in [0.717, 1.165) is 24.0 Å². The average Bonchev–Trinajstić information content (AvgIpc) is 2.85. The zero-order valence-electron chi connectivity index (χ0n) is 18.8. The van der Waals surface area contributed by atoms with Gasteiger partial charge in [0, 0.05) is 11.1 Å². The Kier molecular flexibility index (Phi) is 6.63. The van der Waals surface area contributed by atoms with Gasteiger partial charge in [-0.15, -0.1) is 0 Å². The molecule has 0 aliphatic heterocycles. The fourth-order valence-electron chi connectivity index (χ4n) is 3.59. The van der Waals surface area contributed by atoms with E-state index < -0.39 is 20.0 Å². The number of aryl methyl sites for hydroxylation is 2. The van der Waals surface area contributed by atoms with E-state index in [9.17, 15) is 16.8 Å². The van der Waals surface area contributed by atoms with Gasteiger partial charge in [-0.1, -0.05) is 62.4 Å². The number of rotatable bonds is 6. The van der Waals surface area contributed by atoms with Gasteiger partial charge in [0.2, 0.25) is 0 Å². The number of hydrogen-bond donors (Lipinski definition) is 0. The number of fused-ring (bicyclic) bond motifs is 1. The molecule has 0 heterocycles. The SMILES string of the molecule is CCc1ccc(S(=O)(=O)/N=C2C=C/C(=N/S(=O)(=O)c3ccc(CC)cc3)c3ccccc3/2)cc1. The van der Waals surface area contributed by atoms with Crippen LogP contribution < -0.4 is 0 Å². The molecule has 6 nitrogen and oxygen atoms in total. The summed E-state index contributed by atoms with van der Waals surface area (Å²) < 4.78 is 59.7. The Morgan fingerprint density at radius 2 is 0.912 bits per heavy atom. The van der Waals surface area contributed by atoms with Gasteiger partial charge in [-0.25, -0.2) is 0 Å². The lowest BCUT2D eigenvalue weighted by Crippen LogP contribution is -2.16. The summed E-state index contributed by atoms with van der Waals surface area (Å²) in [6.45, 7) is 3.99. The summed E-state index contributed by atoms with van der Waals surface area (Å²) in [6.07, 6.45) is 4.57. The first-order valence-corrected chi connectivity index (χ1v) is 13.8. The normalized spacial score (nSPS) is 16.1.